The third kappa shape index (κ3) is 4.73. The average Bonchev–Trinajstić information content (AvgIpc) is 2.63. The fourth-order valence-electron chi connectivity index (χ4n) is 2.26. The third-order valence-electron chi connectivity index (χ3n) is 3.67. The number of benzene rings is 2. The van der Waals surface area contributed by atoms with Gasteiger partial charge in [0.15, 0.2) is 6.10 Å². The first-order valence-electron chi connectivity index (χ1n) is 7.89. The maximum absolute atomic E-state index is 12.4. The van der Waals surface area contributed by atoms with Crippen LogP contribution in [0.1, 0.15) is 29.8 Å². The van der Waals surface area contributed by atoms with Crippen LogP contribution in [-0.2, 0) is 16.0 Å². The van der Waals surface area contributed by atoms with Crippen molar-refractivity contribution in [1.29, 1.82) is 0 Å². The lowest BCUT2D eigenvalue weighted by atomic mass is 10.1. The van der Waals surface area contributed by atoms with Gasteiger partial charge in [-0.15, -0.1) is 0 Å². The highest BCUT2D eigenvalue weighted by atomic mass is 35.5. The van der Waals surface area contributed by atoms with E-state index in [1.54, 1.807) is 6.92 Å². The molecule has 0 heterocycles. The Labute approximate surface area is 151 Å². The molecule has 0 unspecified atom stereocenters. The summed E-state index contributed by atoms with van der Waals surface area (Å²) >= 11 is 6.09. The minimum absolute atomic E-state index is 0.298. The van der Waals surface area contributed by atoms with Gasteiger partial charge in [-0.25, -0.2) is 4.79 Å². The molecule has 132 valence electrons. The first-order valence-corrected chi connectivity index (χ1v) is 8.27. The molecule has 1 atom stereocenters. The number of nitrogens with one attached hydrogen (secondary N) is 1. The van der Waals surface area contributed by atoms with Crippen molar-refractivity contribution in [2.75, 3.05) is 12.4 Å². The summed E-state index contributed by atoms with van der Waals surface area (Å²) < 4.78 is 10.4. The van der Waals surface area contributed by atoms with Gasteiger partial charge >= 0.3 is 5.97 Å². The Hall–Kier alpha value is -2.53. The quantitative estimate of drug-likeness (QED) is 0.787. The minimum Gasteiger partial charge on any atom is -0.481 e. The summed E-state index contributed by atoms with van der Waals surface area (Å²) in [6.07, 6.45) is 0.0721. The van der Waals surface area contributed by atoms with Crippen molar-refractivity contribution < 1.29 is 19.1 Å². The predicted molar refractivity (Wildman–Crippen MR) is 97.3 cm³/mol. The Morgan fingerprint density at radius 1 is 1.20 bits per heavy atom. The summed E-state index contributed by atoms with van der Waals surface area (Å²) in [6.45, 7) is 3.67. The molecule has 0 aliphatic heterocycles. The van der Waals surface area contributed by atoms with Gasteiger partial charge in [0, 0.05) is 0 Å². The maximum atomic E-state index is 12.4. The summed E-state index contributed by atoms with van der Waals surface area (Å²) in [5, 5.41) is 3.00. The second kappa shape index (κ2) is 8.53. The molecule has 0 aliphatic carbocycles. The van der Waals surface area contributed by atoms with Crippen LogP contribution >= 0.6 is 11.6 Å². The number of carbonyl (C=O) groups is 2. The minimum atomic E-state index is -0.731. The number of carbonyl (C=O) groups excluding carboxylic acids is 2. The highest BCUT2D eigenvalue weighted by Gasteiger charge is 2.18. The average molecular weight is 362 g/mol. The van der Waals surface area contributed by atoms with E-state index in [9.17, 15) is 9.59 Å². The molecule has 0 radical (unpaired) electrons. The molecule has 0 bridgehead atoms. The molecule has 1 amide bonds. The number of esters is 1. The van der Waals surface area contributed by atoms with E-state index in [4.69, 9.17) is 16.3 Å². The first kappa shape index (κ1) is 18.8. The topological polar surface area (TPSA) is 64.6 Å². The Morgan fingerprint density at radius 2 is 1.92 bits per heavy atom. The normalized spacial score (nSPS) is 11.5. The van der Waals surface area contributed by atoms with E-state index in [-0.39, 0.29) is 5.91 Å². The molecule has 0 aliphatic rings. The molecular formula is C19H20ClNO4. The van der Waals surface area contributed by atoms with Crippen LogP contribution in [0.2, 0.25) is 5.02 Å². The summed E-state index contributed by atoms with van der Waals surface area (Å²) in [5.74, 6) is -0.204. The van der Waals surface area contributed by atoms with Crippen molar-refractivity contribution in [3.63, 3.8) is 0 Å². The molecule has 6 heteroatoms. The predicted octanol–water partition coefficient (Wildman–Crippen LogP) is 4.10. The Balaban J connectivity index is 2.12. The maximum Gasteiger partial charge on any atom is 0.337 e. The van der Waals surface area contributed by atoms with Gasteiger partial charge < -0.3 is 14.8 Å². The molecule has 2 aromatic rings. The van der Waals surface area contributed by atoms with Gasteiger partial charge in [-0.05, 0) is 43.2 Å². The van der Waals surface area contributed by atoms with E-state index >= 15 is 0 Å². The molecule has 25 heavy (non-hydrogen) atoms. The molecule has 0 fully saturated rings. The number of para-hydroxylation sites is 1. The summed E-state index contributed by atoms with van der Waals surface area (Å²) in [7, 11) is 1.29. The zero-order valence-corrected chi connectivity index (χ0v) is 15.1. The number of rotatable bonds is 6. The van der Waals surface area contributed by atoms with Crippen LogP contribution in [-0.4, -0.2) is 25.1 Å². The van der Waals surface area contributed by atoms with Crippen LogP contribution in [0.25, 0.3) is 0 Å². The Bertz CT molecular complexity index is 776. The second-order valence-corrected chi connectivity index (χ2v) is 5.80. The van der Waals surface area contributed by atoms with E-state index in [0.29, 0.717) is 22.0 Å². The van der Waals surface area contributed by atoms with Crippen molar-refractivity contribution in [2.45, 2.75) is 26.4 Å². The zero-order valence-electron chi connectivity index (χ0n) is 14.3. The molecular weight excluding hydrogens is 342 g/mol. The van der Waals surface area contributed by atoms with Gasteiger partial charge in [0.1, 0.15) is 5.75 Å². The standard InChI is InChI=1S/C19H20ClNO4/c1-4-13-7-5-6-8-17(13)25-12(2)18(22)21-16-11-14(19(23)24-3)9-10-15(16)20/h5-12H,4H2,1-3H3,(H,21,22)/t12-/m1/s1. The van der Waals surface area contributed by atoms with Crippen LogP contribution in [0, 0.1) is 0 Å². The number of hydrogen-bond acceptors (Lipinski definition) is 4. The Morgan fingerprint density at radius 3 is 2.60 bits per heavy atom. The number of anilines is 1. The fourth-order valence-corrected chi connectivity index (χ4v) is 2.42. The van der Waals surface area contributed by atoms with Crippen molar-refractivity contribution in [1.82, 2.24) is 0 Å². The van der Waals surface area contributed by atoms with Gasteiger partial charge in [0.2, 0.25) is 0 Å². The highest BCUT2D eigenvalue weighted by Crippen LogP contribution is 2.25. The summed E-state index contributed by atoms with van der Waals surface area (Å²) in [5.41, 5.74) is 1.65. The lowest BCUT2D eigenvalue weighted by Gasteiger charge is -2.17. The smallest absolute Gasteiger partial charge is 0.337 e. The monoisotopic (exact) mass is 361 g/mol. The lowest BCUT2D eigenvalue weighted by molar-refractivity contribution is -0.122. The van der Waals surface area contributed by atoms with Crippen LogP contribution in [0.3, 0.4) is 0 Å². The number of amides is 1. The third-order valence-corrected chi connectivity index (χ3v) is 4.00. The van der Waals surface area contributed by atoms with E-state index in [2.05, 4.69) is 10.1 Å². The largest absolute Gasteiger partial charge is 0.481 e. The summed E-state index contributed by atoms with van der Waals surface area (Å²) in [6, 6.07) is 12.1. The van der Waals surface area contributed by atoms with E-state index in [1.165, 1.54) is 25.3 Å². The molecule has 5 nitrogen and oxygen atoms in total. The number of aryl methyl sites for hydroxylation is 1. The first-order chi connectivity index (χ1) is 12.0. The molecule has 0 aromatic heterocycles. The van der Waals surface area contributed by atoms with Crippen LogP contribution < -0.4 is 10.1 Å². The van der Waals surface area contributed by atoms with E-state index in [0.717, 1.165) is 12.0 Å². The zero-order chi connectivity index (χ0) is 18.4. The number of hydrogen-bond donors (Lipinski definition) is 1. The van der Waals surface area contributed by atoms with Crippen molar-refractivity contribution in [3.8, 4) is 5.75 Å². The SMILES string of the molecule is CCc1ccccc1O[C@H](C)C(=O)Nc1cc(C(=O)OC)ccc1Cl. The van der Waals surface area contributed by atoms with Crippen molar-refractivity contribution >= 4 is 29.2 Å². The second-order valence-electron chi connectivity index (χ2n) is 5.40. The van der Waals surface area contributed by atoms with Crippen LogP contribution in [0.5, 0.6) is 5.75 Å². The van der Waals surface area contributed by atoms with Gasteiger partial charge in [-0.1, -0.05) is 36.7 Å². The van der Waals surface area contributed by atoms with Gasteiger partial charge in [-0.3, -0.25) is 4.79 Å². The number of halogens is 1. The molecule has 0 spiro atoms. The van der Waals surface area contributed by atoms with Crippen LogP contribution in [0.4, 0.5) is 5.69 Å². The van der Waals surface area contributed by atoms with E-state index in [1.807, 2.05) is 31.2 Å². The van der Waals surface area contributed by atoms with Gasteiger partial charge in [0.25, 0.3) is 5.91 Å². The van der Waals surface area contributed by atoms with Crippen LogP contribution in [0.15, 0.2) is 42.5 Å². The molecule has 0 saturated heterocycles. The molecule has 1 N–H and O–H groups in total. The molecule has 2 rings (SSSR count). The van der Waals surface area contributed by atoms with Gasteiger partial charge in [0.05, 0.1) is 23.4 Å². The lowest BCUT2D eigenvalue weighted by Crippen LogP contribution is -2.30. The van der Waals surface area contributed by atoms with Gasteiger partial charge in [-0.2, -0.15) is 0 Å². The fraction of sp³-hybridized carbons (Fsp3) is 0.263. The molecule has 0 saturated carbocycles. The number of ether oxygens (including phenoxy) is 2. The van der Waals surface area contributed by atoms with Crippen molar-refractivity contribution in [2.24, 2.45) is 0 Å². The summed E-state index contributed by atoms with van der Waals surface area (Å²) in [4.78, 5) is 24.0. The number of methoxy groups -OCH3 is 1. The molecule has 2 aromatic carbocycles. The highest BCUT2D eigenvalue weighted by molar-refractivity contribution is 6.33. The Kier molecular flexibility index (Phi) is 6.42. The van der Waals surface area contributed by atoms with E-state index < -0.39 is 12.1 Å². The van der Waals surface area contributed by atoms with Crippen molar-refractivity contribution in [3.05, 3.63) is 58.6 Å².